The molecule has 0 fully saturated rings. The van der Waals surface area contributed by atoms with E-state index in [1.54, 1.807) is 32.0 Å². The number of carboxylic acids is 1. The predicted octanol–water partition coefficient (Wildman–Crippen LogP) is 9.83. The largest absolute Gasteiger partial charge is 0.508 e. The molecule has 0 atom stereocenters. The molecule has 0 bridgehead atoms. The maximum atomic E-state index is 11.4. The molecule has 5 rings (SSSR count). The molecular weight excluding hydrogens is 688 g/mol. The summed E-state index contributed by atoms with van der Waals surface area (Å²) in [5, 5.41) is 88.5. The molecule has 5 aromatic carbocycles. The van der Waals surface area contributed by atoms with Gasteiger partial charge in [0.1, 0.15) is 57.1 Å². The quantitative estimate of drug-likeness (QED) is 0.0272. The third-order valence-corrected chi connectivity index (χ3v) is 7.42. The predicted molar refractivity (Wildman–Crippen MR) is 182 cm³/mol. The van der Waals surface area contributed by atoms with E-state index in [1.807, 2.05) is 0 Å². The Morgan fingerprint density at radius 2 is 1.31 bits per heavy atom. The summed E-state index contributed by atoms with van der Waals surface area (Å²) < 4.78 is 16.2. The van der Waals surface area contributed by atoms with Crippen molar-refractivity contribution in [3.05, 3.63) is 78.4 Å². The fraction of sp³-hybridized carbons (Fsp3) is 0.121. The Hall–Kier alpha value is -6.34. The number of aromatic hydroxyl groups is 4. The molecular formula is C33H28N6O11S. The van der Waals surface area contributed by atoms with E-state index in [2.05, 4.69) is 40.1 Å². The normalized spacial score (nSPS) is 11.7. The van der Waals surface area contributed by atoms with Crippen LogP contribution in [0.15, 0.2) is 108 Å². The number of benzene rings is 5. The van der Waals surface area contributed by atoms with Gasteiger partial charge >= 0.3 is 5.97 Å². The molecule has 0 saturated carbocycles. The number of rotatable bonds is 14. The standard InChI is InChI=1S/C33H28N6O11S/c1-3-47-28-16-25(29(48-4-2)15-24(28)37-35-19-7-10-26(41)22(13-19)33(44)45)38-39-31-30(51-50-49-46)11-17-5-6-18(12-21(17)32(31)43)34-36-23-9-8-20(40)14-27(23)42/h5-16,40-43,46H,3-4H2,1-2H3,(H,44,45). The minimum Gasteiger partial charge on any atom is -0.508 e. The van der Waals surface area contributed by atoms with Crippen LogP contribution in [0.3, 0.4) is 0 Å². The number of carbonyl (C=O) groups is 1. The van der Waals surface area contributed by atoms with Gasteiger partial charge in [0, 0.05) is 23.6 Å². The summed E-state index contributed by atoms with van der Waals surface area (Å²) >= 11 is 0.550. The van der Waals surface area contributed by atoms with E-state index in [0.717, 1.165) is 12.1 Å². The highest BCUT2D eigenvalue weighted by Crippen LogP contribution is 2.47. The second-order valence-corrected chi connectivity index (χ2v) is 10.9. The number of phenolic OH excluding ortho intramolecular Hbond substituents is 3. The molecule has 0 aromatic heterocycles. The van der Waals surface area contributed by atoms with Crippen LogP contribution in [0.5, 0.6) is 34.5 Å². The van der Waals surface area contributed by atoms with E-state index in [-0.39, 0.29) is 80.9 Å². The van der Waals surface area contributed by atoms with Crippen molar-refractivity contribution in [2.45, 2.75) is 18.7 Å². The van der Waals surface area contributed by atoms with E-state index in [1.165, 1.54) is 42.5 Å². The van der Waals surface area contributed by atoms with Gasteiger partial charge in [-0.2, -0.15) is 10.2 Å². The van der Waals surface area contributed by atoms with Gasteiger partial charge in [-0.05, 0) is 67.8 Å². The topological polar surface area (TPSA) is 250 Å². The van der Waals surface area contributed by atoms with Gasteiger partial charge < -0.3 is 35.0 Å². The van der Waals surface area contributed by atoms with Crippen molar-refractivity contribution in [1.29, 1.82) is 0 Å². The van der Waals surface area contributed by atoms with E-state index < -0.39 is 11.7 Å². The van der Waals surface area contributed by atoms with Crippen LogP contribution in [0.4, 0.5) is 34.1 Å². The smallest absolute Gasteiger partial charge is 0.339 e. The van der Waals surface area contributed by atoms with Crippen LogP contribution in [0.2, 0.25) is 0 Å². The summed E-state index contributed by atoms with van der Waals surface area (Å²) in [7, 11) is 0. The minimum absolute atomic E-state index is 0.0828. The second kappa shape index (κ2) is 16.4. The van der Waals surface area contributed by atoms with Crippen molar-refractivity contribution in [1.82, 2.24) is 0 Å². The van der Waals surface area contributed by atoms with Crippen LogP contribution < -0.4 is 9.47 Å². The lowest BCUT2D eigenvalue weighted by atomic mass is 10.1. The lowest BCUT2D eigenvalue weighted by Crippen LogP contribution is -1.96. The number of nitrogens with zero attached hydrogens (tertiary/aromatic N) is 6. The first kappa shape index (κ1) is 36.0. The lowest BCUT2D eigenvalue weighted by molar-refractivity contribution is -0.432. The van der Waals surface area contributed by atoms with Crippen molar-refractivity contribution >= 4 is 62.9 Å². The van der Waals surface area contributed by atoms with Crippen molar-refractivity contribution < 1.29 is 54.4 Å². The first-order valence-corrected chi connectivity index (χ1v) is 15.6. The zero-order valence-electron chi connectivity index (χ0n) is 26.7. The molecule has 6 N–H and O–H groups in total. The first-order valence-electron chi connectivity index (χ1n) is 14.8. The zero-order valence-corrected chi connectivity index (χ0v) is 27.5. The van der Waals surface area contributed by atoms with Gasteiger partial charge in [0.05, 0.1) is 41.5 Å². The van der Waals surface area contributed by atoms with Gasteiger partial charge in [0.15, 0.2) is 5.75 Å². The molecule has 0 aliphatic heterocycles. The Morgan fingerprint density at radius 1 is 0.686 bits per heavy atom. The molecule has 0 aliphatic rings. The number of ether oxygens (including phenoxy) is 2. The molecule has 262 valence electrons. The van der Waals surface area contributed by atoms with Crippen LogP contribution >= 0.6 is 12.0 Å². The summed E-state index contributed by atoms with van der Waals surface area (Å²) in [6.45, 7) is 3.94. The zero-order chi connectivity index (χ0) is 36.5. The molecule has 0 aliphatic carbocycles. The Morgan fingerprint density at radius 3 is 1.94 bits per heavy atom. The van der Waals surface area contributed by atoms with Crippen molar-refractivity contribution in [3.63, 3.8) is 0 Å². The third-order valence-electron chi connectivity index (χ3n) is 6.80. The summed E-state index contributed by atoms with van der Waals surface area (Å²) in [6.07, 6.45) is 0. The number of hydrogen-bond donors (Lipinski definition) is 6. The second-order valence-electron chi connectivity index (χ2n) is 10.1. The van der Waals surface area contributed by atoms with E-state index in [4.69, 9.17) is 14.7 Å². The first-order chi connectivity index (χ1) is 24.6. The van der Waals surface area contributed by atoms with Gasteiger partial charge in [-0.25, -0.2) is 10.1 Å². The summed E-state index contributed by atoms with van der Waals surface area (Å²) in [5.74, 6) is -2.08. The van der Waals surface area contributed by atoms with Crippen LogP contribution in [-0.4, -0.2) is 50.0 Å². The van der Waals surface area contributed by atoms with Crippen LogP contribution in [-0.2, 0) is 9.37 Å². The van der Waals surface area contributed by atoms with Gasteiger partial charge in [-0.3, -0.25) is 0 Å². The number of carboxylic acid groups (broad SMARTS) is 1. The summed E-state index contributed by atoms with van der Waals surface area (Å²) in [6, 6.07) is 16.9. The van der Waals surface area contributed by atoms with E-state index in [0.29, 0.717) is 28.5 Å². The third kappa shape index (κ3) is 8.64. The fourth-order valence-electron chi connectivity index (χ4n) is 4.52. The molecule has 0 unspecified atom stereocenters. The number of aromatic carboxylic acids is 1. The average Bonchev–Trinajstić information content (AvgIpc) is 3.11. The molecule has 18 heteroatoms. The molecule has 0 radical (unpaired) electrons. The summed E-state index contributed by atoms with van der Waals surface area (Å²) in [4.78, 5) is 11.6. The van der Waals surface area contributed by atoms with Crippen molar-refractivity contribution in [2.75, 3.05) is 13.2 Å². The number of azo groups is 3. The number of fused-ring (bicyclic) bond motifs is 1. The Balaban J connectivity index is 1.55. The van der Waals surface area contributed by atoms with Crippen LogP contribution in [0.25, 0.3) is 10.8 Å². The van der Waals surface area contributed by atoms with Gasteiger partial charge in [-0.15, -0.1) is 24.8 Å². The molecule has 0 saturated heterocycles. The molecule has 0 spiro atoms. The Bertz CT molecular complexity index is 2180. The fourth-order valence-corrected chi connectivity index (χ4v) is 5.02. The summed E-state index contributed by atoms with van der Waals surface area (Å²) in [5.41, 5.74) is 0.524. The highest BCUT2D eigenvalue weighted by molar-refractivity contribution is 7.94. The molecule has 0 amide bonds. The molecule has 5 aromatic rings. The molecule has 51 heavy (non-hydrogen) atoms. The Labute approximate surface area is 292 Å². The maximum absolute atomic E-state index is 11.4. The average molecular weight is 717 g/mol. The van der Waals surface area contributed by atoms with Crippen LogP contribution in [0, 0.1) is 0 Å². The van der Waals surface area contributed by atoms with E-state index in [9.17, 15) is 30.3 Å². The van der Waals surface area contributed by atoms with Crippen molar-refractivity contribution in [3.8, 4) is 34.5 Å². The lowest BCUT2D eigenvalue weighted by Gasteiger charge is -2.12. The highest BCUT2D eigenvalue weighted by atomic mass is 32.2. The Kier molecular flexibility index (Phi) is 11.5. The van der Waals surface area contributed by atoms with Crippen LogP contribution in [0.1, 0.15) is 24.2 Å². The number of hydrogen-bond acceptors (Lipinski definition) is 17. The highest BCUT2D eigenvalue weighted by Gasteiger charge is 2.18. The number of phenols is 4. The monoisotopic (exact) mass is 716 g/mol. The van der Waals surface area contributed by atoms with E-state index >= 15 is 0 Å². The SMILES string of the molecule is CCOc1cc(N=Nc2c(SOOO)cc3ccc(N=Nc4ccc(O)cc4O)cc3c2O)c(OCC)cc1N=Nc1ccc(O)c(C(=O)O)c1. The molecule has 0 heterocycles. The van der Waals surface area contributed by atoms with Crippen molar-refractivity contribution in [2.24, 2.45) is 30.7 Å². The minimum atomic E-state index is -1.33. The van der Waals surface area contributed by atoms with Gasteiger partial charge in [-0.1, -0.05) is 11.1 Å². The van der Waals surface area contributed by atoms with Gasteiger partial charge in [0.2, 0.25) is 0 Å². The van der Waals surface area contributed by atoms with Gasteiger partial charge in [0.25, 0.3) is 0 Å². The maximum Gasteiger partial charge on any atom is 0.339 e. The molecule has 17 nitrogen and oxygen atoms in total.